The van der Waals surface area contributed by atoms with Gasteiger partial charge in [-0.2, -0.15) is 0 Å². The quantitative estimate of drug-likeness (QED) is 0.446. The van der Waals surface area contributed by atoms with Crippen LogP contribution in [0.4, 0.5) is 0 Å². The molecule has 0 spiro atoms. The van der Waals surface area contributed by atoms with Gasteiger partial charge in [-0.15, -0.1) is 0 Å². The van der Waals surface area contributed by atoms with E-state index in [1.54, 1.807) is 6.07 Å². The van der Waals surface area contributed by atoms with Crippen LogP contribution >= 0.6 is 0 Å². The van der Waals surface area contributed by atoms with E-state index in [0.29, 0.717) is 11.3 Å². The summed E-state index contributed by atoms with van der Waals surface area (Å²) >= 11 is 0. The summed E-state index contributed by atoms with van der Waals surface area (Å²) in [7, 11) is 0. The summed E-state index contributed by atoms with van der Waals surface area (Å²) in [5, 5.41) is 0.570. The van der Waals surface area contributed by atoms with Crippen LogP contribution in [0, 0.1) is 0 Å². The number of hydrogen-bond donors (Lipinski definition) is 0. The second-order valence-corrected chi connectivity index (χ2v) is 6.70. The Morgan fingerprint density at radius 1 is 0.833 bits per heavy atom. The molecule has 2 rings (SSSR count). The Morgan fingerprint density at radius 2 is 1.42 bits per heavy atom. The van der Waals surface area contributed by atoms with Crippen molar-refractivity contribution in [3.05, 3.63) is 40.6 Å². The van der Waals surface area contributed by atoms with Crippen LogP contribution in [0.25, 0.3) is 10.9 Å². The predicted molar refractivity (Wildman–Crippen MR) is 100 cm³/mol. The van der Waals surface area contributed by atoms with E-state index in [4.69, 9.17) is 4.42 Å². The lowest BCUT2D eigenvalue weighted by Crippen LogP contribution is -2.05. The zero-order valence-electron chi connectivity index (χ0n) is 15.1. The van der Waals surface area contributed by atoms with Crippen molar-refractivity contribution in [2.45, 2.75) is 84.0 Å². The highest BCUT2D eigenvalue weighted by molar-refractivity contribution is 5.76. The summed E-state index contributed by atoms with van der Waals surface area (Å²) in [6.45, 7) is 2.26. The van der Waals surface area contributed by atoms with E-state index < -0.39 is 0 Å². The van der Waals surface area contributed by atoms with Crippen LogP contribution < -0.4 is 5.63 Å². The van der Waals surface area contributed by atoms with Crippen molar-refractivity contribution in [3.63, 3.8) is 0 Å². The Morgan fingerprint density at radius 3 is 2.08 bits per heavy atom. The van der Waals surface area contributed by atoms with E-state index in [2.05, 4.69) is 11.9 Å². The first-order chi connectivity index (χ1) is 11.8. The largest absolute Gasteiger partial charge is 0.408 e. The Hall–Kier alpha value is -1.64. The fourth-order valence-corrected chi connectivity index (χ4v) is 3.11. The molecule has 0 aliphatic rings. The van der Waals surface area contributed by atoms with Crippen LogP contribution in [0.5, 0.6) is 0 Å². The maximum absolute atomic E-state index is 11.9. The molecule has 0 saturated heterocycles. The number of nitrogens with zero attached hydrogens (tertiary/aromatic N) is 1. The fourth-order valence-electron chi connectivity index (χ4n) is 3.11. The molecule has 0 fully saturated rings. The van der Waals surface area contributed by atoms with Crippen molar-refractivity contribution < 1.29 is 4.42 Å². The zero-order chi connectivity index (χ0) is 17.0. The monoisotopic (exact) mass is 329 g/mol. The first-order valence-corrected chi connectivity index (χ1v) is 9.70. The molecule has 0 radical (unpaired) electrons. The van der Waals surface area contributed by atoms with Crippen molar-refractivity contribution in [2.75, 3.05) is 0 Å². The average Bonchev–Trinajstić information content (AvgIpc) is 2.60. The Bertz CT molecular complexity index is 648. The first-order valence-electron chi connectivity index (χ1n) is 9.70. The summed E-state index contributed by atoms with van der Waals surface area (Å²) in [5.74, 6) is 0.578. The minimum absolute atomic E-state index is 0.265. The van der Waals surface area contributed by atoms with Gasteiger partial charge in [0, 0.05) is 6.42 Å². The molecule has 0 aliphatic heterocycles. The van der Waals surface area contributed by atoms with Crippen molar-refractivity contribution in [2.24, 2.45) is 0 Å². The van der Waals surface area contributed by atoms with Gasteiger partial charge in [0.15, 0.2) is 5.89 Å². The highest BCUT2D eigenvalue weighted by atomic mass is 16.4. The van der Waals surface area contributed by atoms with Crippen LogP contribution in [0.15, 0.2) is 33.5 Å². The molecule has 1 aromatic heterocycles. The topological polar surface area (TPSA) is 43.1 Å². The molecular weight excluding hydrogens is 298 g/mol. The summed E-state index contributed by atoms with van der Waals surface area (Å²) in [6.07, 6.45) is 15.2. The second kappa shape index (κ2) is 11.0. The van der Waals surface area contributed by atoms with Crippen molar-refractivity contribution >= 4 is 10.9 Å². The number of para-hydroxylation sites is 1. The second-order valence-electron chi connectivity index (χ2n) is 6.70. The van der Waals surface area contributed by atoms with Crippen molar-refractivity contribution in [3.8, 4) is 0 Å². The molecule has 132 valence electrons. The van der Waals surface area contributed by atoms with Crippen molar-refractivity contribution in [1.82, 2.24) is 4.98 Å². The normalized spacial score (nSPS) is 11.2. The maximum Gasteiger partial charge on any atom is 0.346 e. The molecule has 3 nitrogen and oxygen atoms in total. The van der Waals surface area contributed by atoms with E-state index in [1.807, 2.05) is 18.2 Å². The summed E-state index contributed by atoms with van der Waals surface area (Å²) < 4.78 is 5.32. The van der Waals surface area contributed by atoms with Gasteiger partial charge < -0.3 is 4.42 Å². The lowest BCUT2D eigenvalue weighted by atomic mass is 10.1. The van der Waals surface area contributed by atoms with Gasteiger partial charge in [0.05, 0.1) is 10.9 Å². The smallest absolute Gasteiger partial charge is 0.346 e. The standard InChI is InChI=1S/C21H31NO2/c1-2-3-4-5-6-7-8-9-10-11-12-17-20-22-19-16-14-13-15-18(19)21(23)24-20/h13-16H,2-12,17H2,1H3. The van der Waals surface area contributed by atoms with Crippen LogP contribution in [0.2, 0.25) is 0 Å². The third-order valence-electron chi connectivity index (χ3n) is 4.57. The van der Waals surface area contributed by atoms with Gasteiger partial charge in [-0.05, 0) is 18.6 Å². The Labute approximate surface area is 145 Å². The van der Waals surface area contributed by atoms with Gasteiger partial charge >= 0.3 is 5.63 Å². The first kappa shape index (κ1) is 18.7. The number of unbranched alkanes of at least 4 members (excludes halogenated alkanes) is 10. The molecule has 1 aromatic carbocycles. The number of aromatic nitrogens is 1. The van der Waals surface area contributed by atoms with E-state index >= 15 is 0 Å². The molecule has 0 amide bonds. The SMILES string of the molecule is CCCCCCCCCCCCCc1nc2ccccc2c(=O)o1. The molecule has 2 aromatic rings. The summed E-state index contributed by atoms with van der Waals surface area (Å²) in [5.41, 5.74) is 0.477. The summed E-state index contributed by atoms with van der Waals surface area (Å²) in [4.78, 5) is 16.3. The lowest BCUT2D eigenvalue weighted by Gasteiger charge is -2.03. The number of aryl methyl sites for hydroxylation is 1. The Balaban J connectivity index is 1.57. The minimum atomic E-state index is -0.265. The van der Waals surface area contributed by atoms with Crippen molar-refractivity contribution in [1.29, 1.82) is 0 Å². The Kier molecular flexibility index (Phi) is 8.58. The van der Waals surface area contributed by atoms with E-state index in [-0.39, 0.29) is 5.63 Å². The molecule has 0 bridgehead atoms. The van der Waals surface area contributed by atoms with Crippen LogP contribution in [-0.4, -0.2) is 4.98 Å². The van der Waals surface area contributed by atoms with Gasteiger partial charge in [0.2, 0.25) is 0 Å². The maximum atomic E-state index is 11.9. The summed E-state index contributed by atoms with van der Waals surface area (Å²) in [6, 6.07) is 7.38. The third kappa shape index (κ3) is 6.46. The van der Waals surface area contributed by atoms with Gasteiger partial charge in [-0.1, -0.05) is 83.3 Å². The van der Waals surface area contributed by atoms with E-state index in [9.17, 15) is 4.79 Å². The van der Waals surface area contributed by atoms with Crippen LogP contribution in [0.3, 0.4) is 0 Å². The average molecular weight is 329 g/mol. The molecule has 0 unspecified atom stereocenters. The van der Waals surface area contributed by atoms with E-state index in [1.165, 1.54) is 64.2 Å². The van der Waals surface area contributed by atoms with Gasteiger partial charge in [-0.25, -0.2) is 9.78 Å². The van der Waals surface area contributed by atoms with Gasteiger partial charge in [0.25, 0.3) is 0 Å². The fraction of sp³-hybridized carbons (Fsp3) is 0.619. The molecule has 1 heterocycles. The highest BCUT2D eigenvalue weighted by Crippen LogP contribution is 2.13. The van der Waals surface area contributed by atoms with Crippen LogP contribution in [-0.2, 0) is 6.42 Å². The molecule has 3 heteroatoms. The lowest BCUT2D eigenvalue weighted by molar-refractivity contribution is 0.433. The number of hydrogen-bond acceptors (Lipinski definition) is 3. The van der Waals surface area contributed by atoms with Crippen LogP contribution in [0.1, 0.15) is 83.4 Å². The molecule has 0 aliphatic carbocycles. The molecular formula is C21H31NO2. The molecule has 0 N–H and O–H groups in total. The molecule has 24 heavy (non-hydrogen) atoms. The van der Waals surface area contributed by atoms with E-state index in [0.717, 1.165) is 18.4 Å². The number of fused-ring (bicyclic) bond motifs is 1. The molecule has 0 atom stereocenters. The minimum Gasteiger partial charge on any atom is -0.408 e. The number of benzene rings is 1. The number of rotatable bonds is 12. The van der Waals surface area contributed by atoms with Gasteiger partial charge in [0.1, 0.15) is 0 Å². The molecule has 0 saturated carbocycles. The highest BCUT2D eigenvalue weighted by Gasteiger charge is 2.05. The zero-order valence-corrected chi connectivity index (χ0v) is 15.1. The predicted octanol–water partition coefficient (Wildman–Crippen LogP) is 6.04. The third-order valence-corrected chi connectivity index (χ3v) is 4.57. The van der Waals surface area contributed by atoms with Gasteiger partial charge in [-0.3, -0.25) is 0 Å².